The van der Waals surface area contributed by atoms with Gasteiger partial charge in [-0.1, -0.05) is 18.2 Å². The van der Waals surface area contributed by atoms with Crippen LogP contribution in [0.3, 0.4) is 0 Å². The Bertz CT molecular complexity index is 754. The number of rotatable bonds is 6. The van der Waals surface area contributed by atoms with Gasteiger partial charge in [0.25, 0.3) is 0 Å². The first-order valence-electron chi connectivity index (χ1n) is 9.58. The molecule has 2 aliphatic heterocycles. The Kier molecular flexibility index (Phi) is 5.16. The second kappa shape index (κ2) is 7.87. The van der Waals surface area contributed by atoms with Crippen LogP contribution in [0.5, 0.6) is 0 Å². The van der Waals surface area contributed by atoms with Crippen molar-refractivity contribution in [1.82, 2.24) is 9.88 Å². The third-order valence-corrected chi connectivity index (χ3v) is 5.40. The number of amides is 1. The van der Waals surface area contributed by atoms with Crippen LogP contribution in [0.2, 0.25) is 0 Å². The van der Waals surface area contributed by atoms with E-state index < -0.39 is 0 Å². The van der Waals surface area contributed by atoms with E-state index in [1.54, 1.807) is 0 Å². The van der Waals surface area contributed by atoms with E-state index in [1.165, 1.54) is 24.0 Å². The van der Waals surface area contributed by atoms with Gasteiger partial charge < -0.3 is 10.2 Å². The molecule has 26 heavy (non-hydrogen) atoms. The lowest BCUT2D eigenvalue weighted by molar-refractivity contribution is -0.115. The molecule has 1 N–H and O–H groups in total. The van der Waals surface area contributed by atoms with Gasteiger partial charge in [0, 0.05) is 38.1 Å². The third kappa shape index (κ3) is 3.88. The number of carbonyl (C=O) groups excluding carboxylic acids is 1. The van der Waals surface area contributed by atoms with Crippen molar-refractivity contribution < 1.29 is 4.79 Å². The van der Waals surface area contributed by atoms with E-state index in [1.807, 2.05) is 18.3 Å². The monoisotopic (exact) mass is 350 g/mol. The minimum atomic E-state index is 0.123. The molecular formula is C21H26N4O. The van der Waals surface area contributed by atoms with E-state index in [-0.39, 0.29) is 5.91 Å². The Morgan fingerprint density at radius 1 is 1.00 bits per heavy atom. The molecule has 1 saturated heterocycles. The quantitative estimate of drug-likeness (QED) is 0.814. The van der Waals surface area contributed by atoms with Crippen LogP contribution in [0, 0.1) is 0 Å². The van der Waals surface area contributed by atoms with Crippen molar-refractivity contribution in [2.45, 2.75) is 25.7 Å². The summed E-state index contributed by atoms with van der Waals surface area (Å²) in [4.78, 5) is 21.0. The number of aryl methyl sites for hydroxylation is 1. The molecule has 0 atom stereocenters. The highest BCUT2D eigenvalue weighted by Crippen LogP contribution is 2.27. The maximum atomic E-state index is 11.6. The van der Waals surface area contributed by atoms with Gasteiger partial charge in [-0.3, -0.25) is 9.69 Å². The van der Waals surface area contributed by atoms with Crippen LogP contribution in [0.1, 0.15) is 24.0 Å². The first-order valence-corrected chi connectivity index (χ1v) is 9.58. The Balaban J connectivity index is 1.20. The number of hydrogen-bond acceptors (Lipinski definition) is 4. The van der Waals surface area contributed by atoms with Crippen molar-refractivity contribution in [2.24, 2.45) is 0 Å². The lowest BCUT2D eigenvalue weighted by Crippen LogP contribution is -2.46. The van der Waals surface area contributed by atoms with Crippen LogP contribution < -0.4 is 10.2 Å². The largest absolute Gasteiger partial charge is 0.354 e. The van der Waals surface area contributed by atoms with E-state index in [4.69, 9.17) is 0 Å². The van der Waals surface area contributed by atoms with E-state index in [2.05, 4.69) is 44.4 Å². The van der Waals surface area contributed by atoms with E-state index in [0.29, 0.717) is 6.42 Å². The van der Waals surface area contributed by atoms with Crippen LogP contribution in [-0.4, -0.2) is 48.5 Å². The zero-order valence-corrected chi connectivity index (χ0v) is 15.2. The molecule has 0 spiro atoms. The minimum absolute atomic E-state index is 0.123. The maximum absolute atomic E-state index is 11.6. The van der Waals surface area contributed by atoms with Crippen molar-refractivity contribution in [3.63, 3.8) is 0 Å². The van der Waals surface area contributed by atoms with Gasteiger partial charge in [0.05, 0.1) is 6.42 Å². The standard InChI is InChI=1S/C21H26N4O/c26-21-16-18-17(7-5-8-19(18)23-21)6-2-4-11-24-12-14-25(15-13-24)20-9-1-3-10-22-20/h1,3,5,7-10H,2,4,6,11-16H2,(H,23,26). The van der Waals surface area contributed by atoms with Crippen LogP contribution in [-0.2, 0) is 17.6 Å². The molecule has 1 aromatic heterocycles. The minimum Gasteiger partial charge on any atom is -0.354 e. The van der Waals surface area contributed by atoms with Crippen molar-refractivity contribution in [3.05, 3.63) is 53.7 Å². The average molecular weight is 350 g/mol. The molecule has 1 fully saturated rings. The Morgan fingerprint density at radius 2 is 1.88 bits per heavy atom. The summed E-state index contributed by atoms with van der Waals surface area (Å²) in [6.07, 6.45) is 5.85. The Labute approximate surface area is 155 Å². The number of anilines is 2. The van der Waals surface area contributed by atoms with Crippen molar-refractivity contribution >= 4 is 17.4 Å². The number of fused-ring (bicyclic) bond motifs is 1. The summed E-state index contributed by atoms with van der Waals surface area (Å²) < 4.78 is 0. The van der Waals surface area contributed by atoms with Gasteiger partial charge in [-0.15, -0.1) is 0 Å². The molecule has 2 aromatic rings. The summed E-state index contributed by atoms with van der Waals surface area (Å²) in [5.41, 5.74) is 3.56. The second-order valence-corrected chi connectivity index (χ2v) is 7.14. The molecule has 1 amide bonds. The first kappa shape index (κ1) is 17.0. The predicted molar refractivity (Wildman–Crippen MR) is 105 cm³/mol. The van der Waals surface area contributed by atoms with Crippen LogP contribution in [0.4, 0.5) is 11.5 Å². The van der Waals surface area contributed by atoms with E-state index >= 15 is 0 Å². The molecule has 5 nitrogen and oxygen atoms in total. The van der Waals surface area contributed by atoms with Crippen LogP contribution in [0.25, 0.3) is 0 Å². The summed E-state index contributed by atoms with van der Waals surface area (Å²) >= 11 is 0. The number of piperazine rings is 1. The fourth-order valence-corrected chi connectivity index (χ4v) is 3.94. The zero-order chi connectivity index (χ0) is 17.8. The number of carbonyl (C=O) groups is 1. The number of unbranched alkanes of at least 4 members (excludes halogenated alkanes) is 1. The molecule has 136 valence electrons. The highest BCUT2D eigenvalue weighted by Gasteiger charge is 2.20. The van der Waals surface area contributed by atoms with Crippen molar-refractivity contribution in [2.75, 3.05) is 42.9 Å². The summed E-state index contributed by atoms with van der Waals surface area (Å²) in [5, 5.41) is 2.94. The average Bonchev–Trinajstić information content (AvgIpc) is 3.07. The fourth-order valence-electron chi connectivity index (χ4n) is 3.94. The van der Waals surface area contributed by atoms with Crippen LogP contribution in [0.15, 0.2) is 42.6 Å². The van der Waals surface area contributed by atoms with E-state index in [9.17, 15) is 4.79 Å². The summed E-state index contributed by atoms with van der Waals surface area (Å²) in [7, 11) is 0. The smallest absolute Gasteiger partial charge is 0.228 e. The van der Waals surface area contributed by atoms with Crippen molar-refractivity contribution in [3.8, 4) is 0 Å². The van der Waals surface area contributed by atoms with Gasteiger partial charge in [-0.2, -0.15) is 0 Å². The lowest BCUT2D eigenvalue weighted by Gasteiger charge is -2.35. The highest BCUT2D eigenvalue weighted by atomic mass is 16.1. The highest BCUT2D eigenvalue weighted by molar-refractivity contribution is 5.99. The van der Waals surface area contributed by atoms with Gasteiger partial charge in [-0.25, -0.2) is 4.98 Å². The van der Waals surface area contributed by atoms with Crippen LogP contribution >= 0.6 is 0 Å². The molecular weight excluding hydrogens is 324 g/mol. The van der Waals surface area contributed by atoms with Gasteiger partial charge in [0.2, 0.25) is 5.91 Å². The Hall–Kier alpha value is -2.40. The molecule has 0 radical (unpaired) electrons. The molecule has 1 aromatic carbocycles. The molecule has 0 unspecified atom stereocenters. The first-order chi connectivity index (χ1) is 12.8. The van der Waals surface area contributed by atoms with Gasteiger partial charge in [0.1, 0.15) is 5.82 Å². The summed E-state index contributed by atoms with van der Waals surface area (Å²) in [6.45, 7) is 5.47. The number of nitrogens with one attached hydrogen (secondary N) is 1. The molecule has 5 heteroatoms. The number of pyridine rings is 1. The topological polar surface area (TPSA) is 48.5 Å². The number of aromatic nitrogens is 1. The molecule has 2 aliphatic rings. The predicted octanol–water partition coefficient (Wildman–Crippen LogP) is 2.72. The van der Waals surface area contributed by atoms with Gasteiger partial charge >= 0.3 is 0 Å². The molecule has 0 bridgehead atoms. The lowest BCUT2D eigenvalue weighted by atomic mass is 10.00. The molecule has 3 heterocycles. The normalized spacial score (nSPS) is 17.2. The maximum Gasteiger partial charge on any atom is 0.228 e. The zero-order valence-electron chi connectivity index (χ0n) is 15.2. The number of nitrogens with zero attached hydrogens (tertiary/aromatic N) is 3. The molecule has 0 aliphatic carbocycles. The fraction of sp³-hybridized carbons (Fsp3) is 0.429. The summed E-state index contributed by atoms with van der Waals surface area (Å²) in [5.74, 6) is 1.21. The summed E-state index contributed by atoms with van der Waals surface area (Å²) in [6, 6.07) is 12.3. The third-order valence-electron chi connectivity index (χ3n) is 5.40. The van der Waals surface area contributed by atoms with E-state index in [0.717, 1.165) is 50.6 Å². The number of benzene rings is 1. The number of hydrogen-bond donors (Lipinski definition) is 1. The molecule has 4 rings (SSSR count). The van der Waals surface area contributed by atoms with Gasteiger partial charge in [-0.05, 0) is 55.1 Å². The van der Waals surface area contributed by atoms with Crippen molar-refractivity contribution in [1.29, 1.82) is 0 Å². The molecule has 0 saturated carbocycles. The van der Waals surface area contributed by atoms with Gasteiger partial charge in [0.15, 0.2) is 0 Å². The Morgan fingerprint density at radius 3 is 2.69 bits per heavy atom. The second-order valence-electron chi connectivity index (χ2n) is 7.14. The SMILES string of the molecule is O=C1Cc2c(CCCCN3CCN(c4ccccn4)CC3)cccc2N1.